The van der Waals surface area contributed by atoms with Gasteiger partial charge >= 0.3 is 6.09 Å². The molecule has 2 aliphatic heterocycles. The summed E-state index contributed by atoms with van der Waals surface area (Å²) in [6, 6.07) is 2.33. The lowest BCUT2D eigenvalue weighted by molar-refractivity contribution is 0.122. The molecule has 24 heavy (non-hydrogen) atoms. The number of hydrogen-bond acceptors (Lipinski definition) is 5. The van der Waals surface area contributed by atoms with Gasteiger partial charge in [0, 0.05) is 25.2 Å². The van der Waals surface area contributed by atoms with E-state index in [9.17, 15) is 13.6 Å². The van der Waals surface area contributed by atoms with Crippen LogP contribution in [0.25, 0.3) is 0 Å². The molecule has 1 aromatic carbocycles. The van der Waals surface area contributed by atoms with Crippen LogP contribution in [0, 0.1) is 11.6 Å². The number of hydrogen-bond donors (Lipinski definition) is 1. The minimum Gasteiger partial charge on any atom is -0.442 e. The van der Waals surface area contributed by atoms with Crippen LogP contribution in [0.15, 0.2) is 24.9 Å². The second-order valence-electron chi connectivity index (χ2n) is 5.59. The number of rotatable bonds is 5. The van der Waals surface area contributed by atoms with E-state index in [0.29, 0.717) is 32.8 Å². The van der Waals surface area contributed by atoms with Gasteiger partial charge in [-0.2, -0.15) is 0 Å². The summed E-state index contributed by atoms with van der Waals surface area (Å²) in [5, 5.41) is 2.85. The Hall–Kier alpha value is -2.35. The van der Waals surface area contributed by atoms with Gasteiger partial charge in [0.1, 0.15) is 11.8 Å². The summed E-state index contributed by atoms with van der Waals surface area (Å²) in [7, 11) is 0. The highest BCUT2D eigenvalue weighted by molar-refractivity contribution is 5.90. The van der Waals surface area contributed by atoms with E-state index in [0.717, 1.165) is 0 Å². The van der Waals surface area contributed by atoms with E-state index in [1.54, 1.807) is 4.90 Å². The quantitative estimate of drug-likeness (QED) is 0.887. The minimum atomic E-state index is -0.702. The van der Waals surface area contributed by atoms with Gasteiger partial charge in [-0.1, -0.05) is 6.58 Å². The molecule has 0 radical (unpaired) electrons. The van der Waals surface area contributed by atoms with Gasteiger partial charge in [0.2, 0.25) is 0 Å². The number of benzene rings is 1. The Morgan fingerprint density at radius 3 is 2.58 bits per heavy atom. The van der Waals surface area contributed by atoms with Crippen molar-refractivity contribution in [3.05, 3.63) is 36.5 Å². The molecular weight excluding hydrogens is 320 g/mol. The van der Waals surface area contributed by atoms with Crippen molar-refractivity contribution in [2.24, 2.45) is 0 Å². The van der Waals surface area contributed by atoms with Crippen LogP contribution in [0.4, 0.5) is 25.0 Å². The number of ether oxygens (including phenoxy) is 2. The van der Waals surface area contributed by atoms with Crippen LogP contribution in [0.5, 0.6) is 0 Å². The summed E-state index contributed by atoms with van der Waals surface area (Å²) < 4.78 is 39.3. The third-order valence-corrected chi connectivity index (χ3v) is 4.00. The normalized spacial score (nSPS) is 20.9. The molecule has 0 unspecified atom stereocenters. The second-order valence-corrected chi connectivity index (χ2v) is 5.59. The van der Waals surface area contributed by atoms with Crippen LogP contribution in [0.2, 0.25) is 0 Å². The number of anilines is 2. The molecule has 0 aromatic heterocycles. The molecule has 2 saturated heterocycles. The topological polar surface area (TPSA) is 54.0 Å². The van der Waals surface area contributed by atoms with Crippen LogP contribution >= 0.6 is 0 Å². The van der Waals surface area contributed by atoms with Gasteiger partial charge in [-0.25, -0.2) is 13.6 Å². The molecule has 0 saturated carbocycles. The van der Waals surface area contributed by atoms with Crippen molar-refractivity contribution in [2.45, 2.75) is 6.10 Å². The maximum atomic E-state index is 14.4. The molecule has 2 aliphatic rings. The molecule has 2 fully saturated rings. The lowest BCUT2D eigenvalue weighted by atomic mass is 10.2. The second kappa shape index (κ2) is 7.04. The van der Waals surface area contributed by atoms with Crippen molar-refractivity contribution in [1.82, 2.24) is 5.32 Å². The molecule has 3 rings (SSSR count). The highest BCUT2D eigenvalue weighted by Gasteiger charge is 2.33. The third-order valence-electron chi connectivity index (χ3n) is 4.00. The van der Waals surface area contributed by atoms with E-state index >= 15 is 0 Å². The molecular formula is C16H19F2N3O3. The monoisotopic (exact) mass is 339 g/mol. The summed E-state index contributed by atoms with van der Waals surface area (Å²) in [6.07, 6.45) is 0.469. The molecule has 8 heteroatoms. The van der Waals surface area contributed by atoms with Crippen molar-refractivity contribution < 1.29 is 23.0 Å². The Morgan fingerprint density at radius 1 is 1.29 bits per heavy atom. The van der Waals surface area contributed by atoms with E-state index < -0.39 is 23.8 Å². The number of carbonyl (C=O) groups is 1. The molecule has 1 aromatic rings. The SMILES string of the molecule is C=CNC[C@H]1CN(c2cc(F)c(N3CCOCC3)c(F)c2)C(=O)O1. The highest BCUT2D eigenvalue weighted by Crippen LogP contribution is 2.31. The van der Waals surface area contributed by atoms with Crippen molar-refractivity contribution in [3.63, 3.8) is 0 Å². The van der Waals surface area contributed by atoms with Crippen LogP contribution < -0.4 is 15.1 Å². The molecule has 0 bridgehead atoms. The average molecular weight is 339 g/mol. The maximum Gasteiger partial charge on any atom is 0.414 e. The highest BCUT2D eigenvalue weighted by atomic mass is 19.1. The van der Waals surface area contributed by atoms with E-state index in [1.165, 1.54) is 23.2 Å². The zero-order valence-electron chi connectivity index (χ0n) is 13.1. The number of cyclic esters (lactones) is 1. The fourth-order valence-corrected chi connectivity index (χ4v) is 2.85. The lowest BCUT2D eigenvalue weighted by Crippen LogP contribution is -2.37. The fraction of sp³-hybridized carbons (Fsp3) is 0.438. The van der Waals surface area contributed by atoms with Crippen LogP contribution in [-0.2, 0) is 9.47 Å². The van der Waals surface area contributed by atoms with Crippen molar-refractivity contribution >= 4 is 17.5 Å². The first kappa shape index (κ1) is 16.5. The van der Waals surface area contributed by atoms with Crippen molar-refractivity contribution in [1.29, 1.82) is 0 Å². The summed E-state index contributed by atoms with van der Waals surface area (Å²) in [4.78, 5) is 14.8. The van der Waals surface area contributed by atoms with Gasteiger partial charge in [-0.3, -0.25) is 4.90 Å². The molecule has 0 aliphatic carbocycles. The summed E-state index contributed by atoms with van der Waals surface area (Å²) in [6.45, 7) is 5.83. The molecule has 1 amide bonds. The smallest absolute Gasteiger partial charge is 0.414 e. The lowest BCUT2D eigenvalue weighted by Gasteiger charge is -2.29. The molecule has 2 heterocycles. The Morgan fingerprint density at radius 2 is 1.96 bits per heavy atom. The van der Waals surface area contributed by atoms with Crippen LogP contribution in [0.1, 0.15) is 0 Å². The van der Waals surface area contributed by atoms with E-state index in [4.69, 9.17) is 9.47 Å². The molecule has 6 nitrogen and oxygen atoms in total. The number of nitrogens with one attached hydrogen (secondary N) is 1. The molecule has 1 atom stereocenters. The average Bonchev–Trinajstić information content (AvgIpc) is 2.94. The van der Waals surface area contributed by atoms with Gasteiger partial charge < -0.3 is 19.7 Å². The van der Waals surface area contributed by atoms with E-state index in [1.807, 2.05) is 0 Å². The van der Waals surface area contributed by atoms with Crippen molar-refractivity contribution in [2.75, 3.05) is 49.2 Å². The molecule has 0 spiro atoms. The van der Waals surface area contributed by atoms with Gasteiger partial charge in [0.15, 0.2) is 11.6 Å². The van der Waals surface area contributed by atoms with Gasteiger partial charge in [0.05, 0.1) is 32.0 Å². The Kier molecular flexibility index (Phi) is 4.84. The third kappa shape index (κ3) is 3.28. The number of morpholine rings is 1. The van der Waals surface area contributed by atoms with Crippen molar-refractivity contribution in [3.8, 4) is 0 Å². The molecule has 130 valence electrons. The minimum absolute atomic E-state index is 0.0838. The predicted molar refractivity (Wildman–Crippen MR) is 85.2 cm³/mol. The fourth-order valence-electron chi connectivity index (χ4n) is 2.85. The summed E-state index contributed by atoms with van der Waals surface area (Å²) in [5.74, 6) is -1.40. The zero-order chi connectivity index (χ0) is 17.1. The maximum absolute atomic E-state index is 14.4. The number of halogens is 2. The first-order valence-electron chi connectivity index (χ1n) is 7.74. The number of amides is 1. The summed E-state index contributed by atoms with van der Waals surface area (Å²) >= 11 is 0. The van der Waals surface area contributed by atoms with E-state index in [-0.39, 0.29) is 17.9 Å². The van der Waals surface area contributed by atoms with Gasteiger partial charge in [-0.05, 0) is 6.20 Å². The largest absolute Gasteiger partial charge is 0.442 e. The predicted octanol–water partition coefficient (Wildman–Crippen LogP) is 1.86. The van der Waals surface area contributed by atoms with E-state index in [2.05, 4.69) is 11.9 Å². The molecule has 1 N–H and O–H groups in total. The number of nitrogens with zero attached hydrogens (tertiary/aromatic N) is 2. The van der Waals surface area contributed by atoms with Crippen LogP contribution in [0.3, 0.4) is 0 Å². The Balaban J connectivity index is 1.79. The standard InChI is InChI=1S/C16H19F2N3O3/c1-2-19-9-12-10-21(16(22)24-12)11-7-13(17)15(14(18)8-11)20-3-5-23-6-4-20/h2,7-8,12,19H,1,3-6,9-10H2/t12-/m0/s1. The first-order chi connectivity index (χ1) is 11.6. The Labute approximate surface area is 138 Å². The Bertz CT molecular complexity index is 612. The first-order valence-corrected chi connectivity index (χ1v) is 7.74. The zero-order valence-corrected chi connectivity index (χ0v) is 13.1. The van der Waals surface area contributed by atoms with Gasteiger partial charge in [0.25, 0.3) is 0 Å². The number of carbonyl (C=O) groups excluding carboxylic acids is 1. The van der Waals surface area contributed by atoms with Crippen LogP contribution in [-0.4, -0.2) is 51.6 Å². The van der Waals surface area contributed by atoms with Gasteiger partial charge in [-0.15, -0.1) is 0 Å². The summed E-state index contributed by atoms with van der Waals surface area (Å²) in [5.41, 5.74) is 0.0626.